The number of rotatable bonds is 39. The van der Waals surface area contributed by atoms with Crippen molar-refractivity contribution < 1.29 is 0 Å². The molecule has 6 aliphatic rings. The van der Waals surface area contributed by atoms with Gasteiger partial charge in [-0.25, -0.2) is 0 Å². The number of thioether (sulfide) groups is 24. The molecule has 0 unspecified atom stereocenters. The Hall–Kier alpha value is 5.28. The fourth-order valence-corrected chi connectivity index (χ4v) is 44.4. The molecule has 0 aliphatic carbocycles. The molecule has 0 radical (unpaired) electrons. The molecule has 0 nitrogen and oxygen atoms in total. The van der Waals surface area contributed by atoms with Crippen LogP contribution in [-0.2, 0) is 36.5 Å². The van der Waals surface area contributed by atoms with Gasteiger partial charge in [-0.2, -0.15) is 0 Å². The fourth-order valence-electron chi connectivity index (χ4n) is 8.47. The number of hydrogen-bond donors (Lipinski definition) is 0. The Kier molecular flexibility index (Phi) is 39.1. The third-order valence-corrected chi connectivity index (χ3v) is 47.8. The minimum Gasteiger partial charge on any atom is -0.121 e. The van der Waals surface area contributed by atoms with Crippen LogP contribution in [0.25, 0.3) is 0 Å². The van der Waals surface area contributed by atoms with Gasteiger partial charge >= 0.3 is 0 Å². The number of benzene rings is 1. The van der Waals surface area contributed by atoms with Crippen molar-refractivity contribution in [3.8, 4) is 0 Å². The van der Waals surface area contributed by atoms with Gasteiger partial charge in [0.25, 0.3) is 0 Å². The largest absolute Gasteiger partial charge is 0.121 e. The van der Waals surface area contributed by atoms with E-state index < -0.39 is 0 Å². The molecule has 1 aromatic rings. The summed E-state index contributed by atoms with van der Waals surface area (Å²) in [6.45, 7) is 21.3. The van der Waals surface area contributed by atoms with Crippen LogP contribution in [0, 0.1) is 0 Å². The molecule has 0 N–H and O–H groups in total. The SMILES string of the molecule is CCCCSC1=C(SCCCC)SC(=C2SC(SC)=C(SCc3c(CC)c(CSC4=C(SC)SC(=C5SC(SCCCC)=C(SCCCC)S5)S4)c(CC)c(CSC4=C(SC)SC(=C5SC(SCCCC)=C(SCCCC)S5)S4)c3CC)S2)S1. The highest BCUT2D eigenvalue weighted by molar-refractivity contribution is 8.47. The lowest BCUT2D eigenvalue weighted by Gasteiger charge is -2.26. The van der Waals surface area contributed by atoms with E-state index in [9.17, 15) is 0 Å². The van der Waals surface area contributed by atoms with Gasteiger partial charge in [0.15, 0.2) is 0 Å². The average Bonchev–Trinajstić information content (AvgIpc) is 2.70. The summed E-state index contributed by atoms with van der Waals surface area (Å²) in [6.07, 6.45) is 25.4. The molecule has 0 bridgehead atoms. The van der Waals surface area contributed by atoms with Crippen molar-refractivity contribution in [2.24, 2.45) is 0 Å². The van der Waals surface area contributed by atoms with E-state index in [1.54, 1.807) is 58.8 Å². The lowest BCUT2D eigenvalue weighted by Crippen LogP contribution is -2.12. The van der Waals surface area contributed by atoms with Gasteiger partial charge in [-0.05, 0) is 144 Å². The average molecular weight is 1570 g/mol. The van der Waals surface area contributed by atoms with Crippen molar-refractivity contribution in [3.63, 3.8) is 0 Å². The van der Waals surface area contributed by atoms with Crippen LogP contribution in [0.5, 0.6) is 0 Å². The Bertz CT molecular complexity index is 2310. The highest BCUT2D eigenvalue weighted by Crippen LogP contribution is 2.70. The monoisotopic (exact) mass is 1570 g/mol. The summed E-state index contributed by atoms with van der Waals surface area (Å²) in [5.41, 5.74) is 9.78. The van der Waals surface area contributed by atoms with Gasteiger partial charge in [0.05, 0.1) is 76.3 Å². The summed E-state index contributed by atoms with van der Waals surface area (Å²) in [7, 11) is 0. The van der Waals surface area contributed by atoms with E-state index in [0.29, 0.717) is 0 Å². The van der Waals surface area contributed by atoms with Crippen LogP contribution in [0.15, 0.2) is 76.3 Å². The van der Waals surface area contributed by atoms with E-state index in [1.165, 1.54) is 162 Å². The van der Waals surface area contributed by atoms with Crippen LogP contribution < -0.4 is 0 Å². The smallest absolute Gasteiger partial charge is 0.0717 e. The Morgan fingerprint density at radius 1 is 0.214 bits per heavy atom. The summed E-state index contributed by atoms with van der Waals surface area (Å²) in [5, 5.41) is 0. The molecule has 7 rings (SSSR count). The van der Waals surface area contributed by atoms with E-state index in [0.717, 1.165) is 36.5 Å². The molecule has 0 amide bonds. The Balaban J connectivity index is 1.19. The van der Waals surface area contributed by atoms with Gasteiger partial charge in [-0.1, -0.05) is 242 Å². The van der Waals surface area contributed by atoms with Crippen molar-refractivity contribution in [1.82, 2.24) is 0 Å². The molecule has 84 heavy (non-hydrogen) atoms. The van der Waals surface area contributed by atoms with E-state index >= 15 is 0 Å². The van der Waals surface area contributed by atoms with Crippen LogP contribution in [0.1, 0.15) is 173 Å². The van der Waals surface area contributed by atoms with E-state index in [-0.39, 0.29) is 0 Å². The molecule has 24 heteroatoms. The van der Waals surface area contributed by atoms with E-state index in [4.69, 9.17) is 0 Å². The summed E-state index contributed by atoms with van der Waals surface area (Å²) < 4.78 is 27.4. The standard InChI is InChI=1S/C60H84S24/c1-13-22-28-64-49-50(65-29-23-14-2)80-58(79-49)55-73-43(61-10)46(76-55)70-34-40-37(19-7)41(35-71-47-44(62-11)74-56(77-47)59-81-51(66-30-24-15-3)52(82-59)67-31-25-16-4)39(21-9)42(38(40)20-8)36-72-48-45(63-12)75-57(78-48)60-83-53(68-32-26-17-5)54(84-60)69-33-27-18-6/h13-36H2,1-12H3. The molecule has 0 saturated carbocycles. The van der Waals surface area contributed by atoms with Gasteiger partial charge < -0.3 is 0 Å². The first kappa shape index (κ1) is 76.6. The van der Waals surface area contributed by atoms with Gasteiger partial charge in [0.1, 0.15) is 0 Å². The van der Waals surface area contributed by atoms with Crippen molar-refractivity contribution in [1.29, 1.82) is 0 Å². The molecule has 0 aromatic heterocycles. The topological polar surface area (TPSA) is 0 Å². The molecule has 0 saturated heterocycles. The highest BCUT2D eigenvalue weighted by atomic mass is 32.3. The zero-order chi connectivity index (χ0) is 59.8. The minimum absolute atomic E-state index is 1.02. The summed E-state index contributed by atoms with van der Waals surface area (Å²) in [4.78, 5) is 0. The first-order chi connectivity index (χ1) is 41.1. The zero-order valence-corrected chi connectivity index (χ0v) is 70.4. The van der Waals surface area contributed by atoms with Crippen LogP contribution in [-0.4, -0.2) is 53.3 Å². The van der Waals surface area contributed by atoms with Crippen LogP contribution >= 0.6 is 282 Å². The molecule has 1 aromatic carbocycles. The maximum Gasteiger partial charge on any atom is 0.0717 e. The second kappa shape index (κ2) is 42.8. The summed E-state index contributed by atoms with van der Waals surface area (Å²) in [5.74, 6) is 10.4. The molecule has 468 valence electrons. The lowest BCUT2D eigenvalue weighted by molar-refractivity contribution is 0.897. The van der Waals surface area contributed by atoms with E-state index in [1.807, 2.05) is 35.3 Å². The maximum atomic E-state index is 2.46. The van der Waals surface area contributed by atoms with Gasteiger partial charge in [0, 0.05) is 17.3 Å². The number of hydrogen-bond acceptors (Lipinski definition) is 24. The second-order valence-electron chi connectivity index (χ2n) is 19.0. The van der Waals surface area contributed by atoms with Crippen LogP contribution in [0.2, 0.25) is 0 Å². The van der Waals surface area contributed by atoms with Crippen LogP contribution in [0.3, 0.4) is 0 Å². The van der Waals surface area contributed by atoms with Gasteiger partial charge in [-0.3, -0.25) is 0 Å². The minimum atomic E-state index is 1.02. The third kappa shape index (κ3) is 22.4. The fraction of sp³-hybridized carbons (Fsp3) is 0.600. The van der Waals surface area contributed by atoms with Crippen molar-refractivity contribution in [3.05, 3.63) is 110 Å². The quantitative estimate of drug-likeness (QED) is 0.0574. The van der Waals surface area contributed by atoms with Crippen molar-refractivity contribution >= 4 is 282 Å². The third-order valence-electron chi connectivity index (χ3n) is 13.0. The molecule has 6 heterocycles. The van der Waals surface area contributed by atoms with Crippen molar-refractivity contribution in [2.45, 2.75) is 176 Å². The number of unbranched alkanes of at least 4 members (excludes halogenated alkanes) is 6. The van der Waals surface area contributed by atoms with Crippen molar-refractivity contribution in [2.75, 3.05) is 53.3 Å². The Labute approximate surface area is 612 Å². The first-order valence-corrected chi connectivity index (χ1v) is 51.7. The lowest BCUT2D eigenvalue weighted by atomic mass is 9.85. The second-order valence-corrected chi connectivity index (χ2v) is 48.0. The predicted molar refractivity (Wildman–Crippen MR) is 448 cm³/mol. The molecule has 0 spiro atoms. The molecular weight excluding hydrogens is 1490 g/mol. The highest BCUT2D eigenvalue weighted by Gasteiger charge is 2.35. The van der Waals surface area contributed by atoms with Gasteiger partial charge in [0.2, 0.25) is 0 Å². The Morgan fingerprint density at radius 3 is 0.536 bits per heavy atom. The molecule has 0 atom stereocenters. The first-order valence-electron chi connectivity index (χ1n) is 29.4. The maximum absolute atomic E-state index is 2.46. The molecular formula is C60H84S24. The normalized spacial score (nSPS) is 18.0. The van der Waals surface area contributed by atoms with Crippen LogP contribution in [0.4, 0.5) is 0 Å². The van der Waals surface area contributed by atoms with E-state index in [2.05, 4.69) is 328 Å². The summed E-state index contributed by atoms with van der Waals surface area (Å²) in [6, 6.07) is 0. The van der Waals surface area contributed by atoms with Gasteiger partial charge in [-0.15, -0.1) is 141 Å². The zero-order valence-electron chi connectivity index (χ0n) is 50.8. The predicted octanol–water partition coefficient (Wildman–Crippen LogP) is 30.4. The summed E-state index contributed by atoms with van der Waals surface area (Å²) >= 11 is 49.8. The molecule has 6 aliphatic heterocycles. The Morgan fingerprint density at radius 2 is 0.381 bits per heavy atom. The molecule has 0 fully saturated rings.